The van der Waals surface area contributed by atoms with Crippen LogP contribution in [-0.2, 0) is 0 Å². The summed E-state index contributed by atoms with van der Waals surface area (Å²) in [6.07, 6.45) is 0. The molecule has 186 valence electrons. The molecule has 2 nitrogen and oxygen atoms in total. The summed E-state index contributed by atoms with van der Waals surface area (Å²) in [5.41, 5.74) is 7.90. The maximum atomic E-state index is 2.60. The van der Waals surface area contributed by atoms with E-state index in [0.717, 1.165) is 0 Å². The summed E-state index contributed by atoms with van der Waals surface area (Å²) < 4.78 is 5.20. The second kappa shape index (κ2) is 5.88. The lowest BCUT2D eigenvalue weighted by Gasteiger charge is -2.22. The molecule has 0 atom stereocenters. The van der Waals surface area contributed by atoms with Crippen molar-refractivity contribution in [3.05, 3.63) is 109 Å². The number of pyridine rings is 6. The molecule has 0 aliphatic carbocycles. The second-order valence-electron chi connectivity index (χ2n) is 12.4. The predicted molar refractivity (Wildman–Crippen MR) is 175 cm³/mol. The Morgan fingerprint density at radius 2 is 0.476 bits per heavy atom. The van der Waals surface area contributed by atoms with Gasteiger partial charge in [0.15, 0.2) is 0 Å². The largest absolute Gasteiger partial charge is 0.229 e. The van der Waals surface area contributed by atoms with Crippen molar-refractivity contribution in [1.29, 1.82) is 0 Å². The van der Waals surface area contributed by atoms with Crippen LogP contribution < -0.4 is 8.80 Å². The van der Waals surface area contributed by atoms with Crippen molar-refractivity contribution < 1.29 is 8.80 Å². The van der Waals surface area contributed by atoms with Crippen LogP contribution in [0, 0.1) is 0 Å². The summed E-state index contributed by atoms with van der Waals surface area (Å²) in [6.45, 7) is 0. The lowest BCUT2D eigenvalue weighted by molar-refractivity contribution is -0.450. The monoisotopic (exact) mass is 526 g/mol. The van der Waals surface area contributed by atoms with Crippen molar-refractivity contribution in [3.63, 3.8) is 0 Å². The highest BCUT2D eigenvalue weighted by Gasteiger charge is 2.37. The lowest BCUT2D eigenvalue weighted by atomic mass is 9.81. The van der Waals surface area contributed by atoms with Gasteiger partial charge in [-0.15, -0.1) is 0 Å². The van der Waals surface area contributed by atoms with Crippen LogP contribution in [0.5, 0.6) is 0 Å². The van der Waals surface area contributed by atoms with Gasteiger partial charge in [-0.3, -0.25) is 0 Å². The molecular formula is C40H18N2+2. The third-order valence-corrected chi connectivity index (χ3v) is 10.8. The van der Waals surface area contributed by atoms with E-state index >= 15 is 0 Å². The van der Waals surface area contributed by atoms with E-state index < -0.39 is 0 Å². The van der Waals surface area contributed by atoms with Crippen LogP contribution in [0.15, 0.2) is 109 Å². The minimum Gasteiger partial charge on any atom is -0.152 e. The van der Waals surface area contributed by atoms with Crippen molar-refractivity contribution in [3.8, 4) is 0 Å². The fourth-order valence-corrected chi connectivity index (χ4v) is 9.52. The van der Waals surface area contributed by atoms with Crippen molar-refractivity contribution in [2.75, 3.05) is 0 Å². The Bertz CT molecular complexity index is 2530. The highest BCUT2D eigenvalue weighted by atomic mass is 14.9. The Labute approximate surface area is 236 Å². The number of fused-ring (bicyclic) bond motifs is 6. The first-order valence-electron chi connectivity index (χ1n) is 14.8. The average molecular weight is 527 g/mol. The molecule has 0 aliphatic heterocycles. The molecule has 6 aromatic heterocycles. The lowest BCUT2D eigenvalue weighted by Crippen LogP contribution is -2.30. The van der Waals surface area contributed by atoms with E-state index in [-0.39, 0.29) is 0 Å². The Kier molecular flexibility index (Phi) is 2.73. The Morgan fingerprint density at radius 3 is 0.762 bits per heavy atom. The van der Waals surface area contributed by atoms with Crippen LogP contribution in [0.4, 0.5) is 0 Å². The summed E-state index contributed by atoms with van der Waals surface area (Å²) in [4.78, 5) is 0. The molecule has 0 N–H and O–H groups in total. The number of hydrogen-bond acceptors (Lipinski definition) is 0. The number of aromatic nitrogens is 2. The highest BCUT2D eigenvalue weighted by molar-refractivity contribution is 6.50. The summed E-state index contributed by atoms with van der Waals surface area (Å²) in [5, 5.41) is 22.0. The minimum atomic E-state index is 1.29. The van der Waals surface area contributed by atoms with E-state index in [1.165, 1.54) is 119 Å². The van der Waals surface area contributed by atoms with Gasteiger partial charge in [0, 0.05) is 45.8 Å². The molecule has 0 aliphatic rings. The molecule has 0 bridgehead atoms. The van der Waals surface area contributed by atoms with E-state index in [4.69, 9.17) is 0 Å². The maximum Gasteiger partial charge on any atom is 0.229 e. The molecule has 0 saturated heterocycles. The van der Waals surface area contributed by atoms with Gasteiger partial charge in [-0.1, -0.05) is 48.5 Å². The van der Waals surface area contributed by atoms with E-state index in [0.29, 0.717) is 0 Å². The molecule has 0 spiro atoms. The van der Waals surface area contributed by atoms with Crippen molar-refractivity contribution in [2.24, 2.45) is 0 Å². The molecule has 2 heteroatoms. The third-order valence-electron chi connectivity index (χ3n) is 10.8. The van der Waals surface area contributed by atoms with E-state index in [1.54, 1.807) is 0 Å². The van der Waals surface area contributed by atoms with Gasteiger partial charge in [0.1, 0.15) is 0 Å². The van der Waals surface area contributed by atoms with Crippen molar-refractivity contribution in [1.82, 2.24) is 0 Å². The number of hydrogen-bond donors (Lipinski definition) is 0. The zero-order valence-electron chi connectivity index (χ0n) is 22.3. The molecule has 13 rings (SSSR count). The van der Waals surface area contributed by atoms with Crippen LogP contribution in [-0.4, -0.2) is 0 Å². The Morgan fingerprint density at radius 1 is 0.238 bits per heavy atom. The molecule has 0 amide bonds. The summed E-state index contributed by atoms with van der Waals surface area (Å²) >= 11 is 0. The minimum absolute atomic E-state index is 1.29. The first-order chi connectivity index (χ1) is 20.9. The molecule has 0 saturated carbocycles. The summed E-state index contributed by atoms with van der Waals surface area (Å²) in [6, 6.07) is 41.6. The fourth-order valence-electron chi connectivity index (χ4n) is 9.52. The van der Waals surface area contributed by atoms with Crippen LogP contribution >= 0.6 is 0 Å². The number of benzene rings is 7. The first kappa shape index (κ1) is 19.5. The first-order valence-corrected chi connectivity index (χ1v) is 14.8. The zero-order valence-corrected chi connectivity index (χ0v) is 22.3. The van der Waals surface area contributed by atoms with E-state index in [1.807, 2.05) is 0 Å². The van der Waals surface area contributed by atoms with Gasteiger partial charge < -0.3 is 0 Å². The van der Waals surface area contributed by atoms with Crippen molar-refractivity contribution >= 4 is 119 Å². The van der Waals surface area contributed by atoms with Gasteiger partial charge in [0.2, 0.25) is 33.1 Å². The van der Waals surface area contributed by atoms with Crippen molar-refractivity contribution in [2.45, 2.75) is 0 Å². The molecular weight excluding hydrogens is 508 g/mol. The molecule has 0 fully saturated rings. The van der Waals surface area contributed by atoms with Crippen LogP contribution in [0.25, 0.3) is 119 Å². The number of rotatable bonds is 0. The predicted octanol–water partition coefficient (Wildman–Crippen LogP) is 9.32. The van der Waals surface area contributed by atoms with Gasteiger partial charge in [0.05, 0.1) is 43.1 Å². The second-order valence-corrected chi connectivity index (χ2v) is 12.4. The van der Waals surface area contributed by atoms with Gasteiger partial charge in [-0.2, -0.15) is 8.80 Å². The smallest absolute Gasteiger partial charge is 0.152 e. The molecule has 7 aromatic carbocycles. The Balaban J connectivity index is 1.64. The number of nitrogens with zero attached hydrogens (tertiary/aromatic N) is 2. The SMILES string of the molecule is c1cc2c3cccc4c3c3c5c2c(c1)c1cccc2c6cccc7c8cccc9c8c(c(c76)c5[n+]12)c3[n+]1c4cccc91. The summed E-state index contributed by atoms with van der Waals surface area (Å²) in [5.74, 6) is 0. The maximum absolute atomic E-state index is 2.60. The molecule has 0 unspecified atom stereocenters. The third kappa shape index (κ3) is 1.70. The molecule has 6 heterocycles. The van der Waals surface area contributed by atoms with Crippen LogP contribution in [0.2, 0.25) is 0 Å². The summed E-state index contributed by atoms with van der Waals surface area (Å²) in [7, 11) is 0. The molecule has 13 aromatic rings. The van der Waals surface area contributed by atoms with Gasteiger partial charge in [-0.25, -0.2) is 0 Å². The Hall–Kier alpha value is -5.60. The average Bonchev–Trinajstić information content (AvgIpc) is 3.06. The van der Waals surface area contributed by atoms with Crippen LogP contribution in [0.3, 0.4) is 0 Å². The highest BCUT2D eigenvalue weighted by Crippen LogP contribution is 2.53. The molecule has 42 heavy (non-hydrogen) atoms. The van der Waals surface area contributed by atoms with E-state index in [2.05, 4.69) is 118 Å². The fraction of sp³-hybridized carbons (Fsp3) is 0. The van der Waals surface area contributed by atoms with Gasteiger partial charge in [-0.05, 0) is 57.9 Å². The van der Waals surface area contributed by atoms with Gasteiger partial charge in [0.25, 0.3) is 0 Å². The van der Waals surface area contributed by atoms with E-state index in [9.17, 15) is 0 Å². The normalized spacial score (nSPS) is 13.7. The van der Waals surface area contributed by atoms with Gasteiger partial charge >= 0.3 is 0 Å². The molecule has 0 radical (unpaired) electrons. The topological polar surface area (TPSA) is 8.20 Å². The zero-order chi connectivity index (χ0) is 26.6. The standard InChI is InChI=1S/C40H18N2/c1-7-19-20-8-2-12-24-29-17-6-18-30-26-14-4-10-22-21-9-3-13-25-28-16-5-15-27-23(11-1)31(19)35-36(32(20)24)40(42(29)30)38(34(22)26)37(33(21)25)39(35)41(27)28/h1-18H/q+2. The van der Waals surface area contributed by atoms with Crippen LogP contribution in [0.1, 0.15) is 0 Å². The quantitative estimate of drug-likeness (QED) is 0.106.